The van der Waals surface area contributed by atoms with Crippen LogP contribution in [0.5, 0.6) is 0 Å². The standard InChI is InChI=1S/C18H24NO3.C11H15NO2.BrH/c1-13-3-5-15(6-4-13)17(21)11-19-9-7-16(8-10-19)18(12-19)22-14(2)20;1-11(2,3)14-10(13)12-9-7-5-4-6-8-9;/h3-6,16,18H,7-12H2,1-2H3;4-8H,1-3H3,(H,12,13);1H/q+1;;/p-1/t16?,18-,19?;;/m0../s1. The summed E-state index contributed by atoms with van der Waals surface area (Å²) in [6, 6.07) is 17.0. The van der Waals surface area contributed by atoms with Crippen molar-refractivity contribution in [2.24, 2.45) is 5.92 Å². The number of carbonyl (C=O) groups excluding carboxylic acids is 3. The van der Waals surface area contributed by atoms with Crippen LogP contribution < -0.4 is 22.3 Å². The number of benzene rings is 2. The topological polar surface area (TPSA) is 81.7 Å². The molecule has 3 aliphatic heterocycles. The number of esters is 1. The highest BCUT2D eigenvalue weighted by atomic mass is 79.9. The van der Waals surface area contributed by atoms with Crippen LogP contribution >= 0.6 is 0 Å². The van der Waals surface area contributed by atoms with Gasteiger partial charge in [0.2, 0.25) is 5.78 Å². The quantitative estimate of drug-likeness (QED) is 0.337. The highest BCUT2D eigenvalue weighted by molar-refractivity contribution is 5.97. The molecule has 0 aromatic heterocycles. The third-order valence-electron chi connectivity index (χ3n) is 6.63. The Balaban J connectivity index is 0.000000280. The van der Waals surface area contributed by atoms with Gasteiger partial charge in [0.15, 0.2) is 6.10 Å². The molecule has 7 nitrogen and oxygen atoms in total. The van der Waals surface area contributed by atoms with Gasteiger partial charge < -0.3 is 30.9 Å². The van der Waals surface area contributed by atoms with E-state index in [-0.39, 0.29) is 34.8 Å². The van der Waals surface area contributed by atoms with Crippen molar-refractivity contribution >= 4 is 23.5 Å². The molecule has 2 bridgehead atoms. The smallest absolute Gasteiger partial charge is 0.412 e. The molecule has 0 saturated carbocycles. The fourth-order valence-corrected chi connectivity index (χ4v) is 4.87. The number of para-hydroxylation sites is 1. The number of ketones is 1. The van der Waals surface area contributed by atoms with Crippen molar-refractivity contribution in [1.29, 1.82) is 0 Å². The van der Waals surface area contributed by atoms with Gasteiger partial charge in [-0.1, -0.05) is 48.0 Å². The lowest BCUT2D eigenvalue weighted by molar-refractivity contribution is -0.938. The van der Waals surface area contributed by atoms with Crippen LogP contribution in [0.15, 0.2) is 54.6 Å². The van der Waals surface area contributed by atoms with Crippen LogP contribution in [0.4, 0.5) is 10.5 Å². The summed E-state index contributed by atoms with van der Waals surface area (Å²) in [5.41, 5.74) is 2.23. The van der Waals surface area contributed by atoms with Crippen LogP contribution in [0.3, 0.4) is 0 Å². The number of amides is 1. The Morgan fingerprint density at radius 1 is 0.973 bits per heavy atom. The van der Waals surface area contributed by atoms with Gasteiger partial charge >= 0.3 is 12.1 Å². The summed E-state index contributed by atoms with van der Waals surface area (Å²) in [4.78, 5) is 35.2. The van der Waals surface area contributed by atoms with Gasteiger partial charge in [-0.2, -0.15) is 0 Å². The molecule has 0 aliphatic carbocycles. The van der Waals surface area contributed by atoms with E-state index < -0.39 is 11.7 Å². The summed E-state index contributed by atoms with van der Waals surface area (Å²) in [5, 5.41) is 2.64. The minimum atomic E-state index is -0.459. The molecule has 0 unspecified atom stereocenters. The van der Waals surface area contributed by atoms with E-state index in [4.69, 9.17) is 9.47 Å². The number of Topliss-reactive ketones (excluding diaryl/α,β-unsaturated/α-hetero) is 1. The molecule has 2 aromatic rings. The summed E-state index contributed by atoms with van der Waals surface area (Å²) in [6.45, 7) is 12.4. The lowest BCUT2D eigenvalue weighted by Crippen LogP contribution is -3.00. The van der Waals surface area contributed by atoms with Gasteiger partial charge in [-0.3, -0.25) is 14.9 Å². The molecule has 3 heterocycles. The summed E-state index contributed by atoms with van der Waals surface area (Å²) >= 11 is 0. The molecule has 0 spiro atoms. The van der Waals surface area contributed by atoms with E-state index in [9.17, 15) is 14.4 Å². The molecule has 1 atom stereocenters. The molecule has 202 valence electrons. The fraction of sp³-hybridized carbons (Fsp3) is 0.483. The van der Waals surface area contributed by atoms with Gasteiger partial charge in [0.1, 0.15) is 18.7 Å². The molecule has 3 fully saturated rings. The first kappa shape index (κ1) is 30.5. The molecule has 0 radical (unpaired) electrons. The van der Waals surface area contributed by atoms with Gasteiger partial charge in [0, 0.05) is 36.9 Å². The Morgan fingerprint density at radius 3 is 2.11 bits per heavy atom. The van der Waals surface area contributed by atoms with Crippen LogP contribution in [0.1, 0.15) is 56.5 Å². The normalized spacial score (nSPS) is 22.0. The molecule has 5 rings (SSSR count). The van der Waals surface area contributed by atoms with Crippen molar-refractivity contribution in [1.82, 2.24) is 0 Å². The molecule has 3 saturated heterocycles. The van der Waals surface area contributed by atoms with E-state index >= 15 is 0 Å². The molecule has 3 aliphatic rings. The van der Waals surface area contributed by atoms with Crippen LogP contribution in [0, 0.1) is 12.8 Å². The maximum Gasteiger partial charge on any atom is 0.412 e. The highest BCUT2D eigenvalue weighted by Crippen LogP contribution is 2.35. The average molecular weight is 576 g/mol. The zero-order valence-corrected chi connectivity index (χ0v) is 24.0. The lowest BCUT2D eigenvalue weighted by atomic mass is 9.83. The minimum Gasteiger partial charge on any atom is -1.00 e. The number of fused-ring (bicyclic) bond motifs is 3. The number of hydrogen-bond acceptors (Lipinski definition) is 5. The molecule has 1 amide bonds. The second-order valence-electron chi connectivity index (χ2n) is 10.9. The predicted octanol–water partition coefficient (Wildman–Crippen LogP) is 2.39. The number of anilines is 1. The number of hydrogen-bond donors (Lipinski definition) is 1. The first-order valence-electron chi connectivity index (χ1n) is 12.6. The fourth-order valence-electron chi connectivity index (χ4n) is 4.87. The summed E-state index contributed by atoms with van der Waals surface area (Å²) in [5.74, 6) is 0.474. The largest absolute Gasteiger partial charge is 1.00 e. The molecule has 2 aromatic carbocycles. The van der Waals surface area contributed by atoms with Crippen molar-refractivity contribution in [3.63, 3.8) is 0 Å². The molecular formula is C29H39BrN2O5. The number of carbonyl (C=O) groups is 3. The van der Waals surface area contributed by atoms with Crippen LogP contribution in [0.2, 0.25) is 0 Å². The maximum atomic E-state index is 12.6. The van der Waals surface area contributed by atoms with Gasteiger partial charge in [-0.15, -0.1) is 0 Å². The molecule has 37 heavy (non-hydrogen) atoms. The minimum absolute atomic E-state index is 0. The van der Waals surface area contributed by atoms with E-state index in [1.165, 1.54) is 6.92 Å². The first-order chi connectivity index (χ1) is 16.9. The van der Waals surface area contributed by atoms with E-state index in [0.717, 1.165) is 53.8 Å². The van der Waals surface area contributed by atoms with Crippen molar-refractivity contribution in [2.75, 3.05) is 31.5 Å². The molecule has 8 heteroatoms. The Hall–Kier alpha value is -2.71. The zero-order chi connectivity index (χ0) is 26.3. The SMILES string of the molecule is CC(=O)O[C@H]1C[N+]2(CC(=O)c3ccc(C)cc3)CCC1CC2.CC(C)(C)OC(=O)Nc1ccccc1.[Br-]. The molecule has 1 N–H and O–H groups in total. The Labute approximate surface area is 230 Å². The van der Waals surface area contributed by atoms with Gasteiger partial charge in [0.25, 0.3) is 0 Å². The Kier molecular flexibility index (Phi) is 10.9. The van der Waals surface area contributed by atoms with E-state index in [0.29, 0.717) is 12.5 Å². The highest BCUT2D eigenvalue weighted by Gasteiger charge is 2.48. The summed E-state index contributed by atoms with van der Waals surface area (Å²) < 4.78 is 11.4. The Morgan fingerprint density at radius 2 is 1.57 bits per heavy atom. The second kappa shape index (κ2) is 13.2. The van der Waals surface area contributed by atoms with Crippen molar-refractivity contribution in [3.8, 4) is 0 Å². The number of piperidine rings is 3. The number of aryl methyl sites for hydroxylation is 1. The van der Waals surface area contributed by atoms with Gasteiger partial charge in [-0.05, 0) is 39.8 Å². The second-order valence-corrected chi connectivity index (χ2v) is 10.9. The maximum absolute atomic E-state index is 12.6. The van der Waals surface area contributed by atoms with Crippen molar-refractivity contribution in [2.45, 2.75) is 59.2 Å². The lowest BCUT2D eigenvalue weighted by Gasteiger charge is -2.51. The van der Waals surface area contributed by atoms with Crippen LogP contribution in [0.25, 0.3) is 0 Å². The number of halogens is 1. The number of ether oxygens (including phenoxy) is 2. The van der Waals surface area contributed by atoms with Crippen LogP contribution in [-0.4, -0.2) is 60.2 Å². The van der Waals surface area contributed by atoms with Gasteiger partial charge in [0.05, 0.1) is 13.1 Å². The van der Waals surface area contributed by atoms with Gasteiger partial charge in [-0.25, -0.2) is 4.79 Å². The Bertz CT molecular complexity index is 1040. The number of quaternary nitrogens is 1. The van der Waals surface area contributed by atoms with Crippen molar-refractivity contribution < 1.29 is 45.3 Å². The average Bonchev–Trinajstić information content (AvgIpc) is 2.79. The summed E-state index contributed by atoms with van der Waals surface area (Å²) in [6.07, 6.45) is 1.67. The van der Waals surface area contributed by atoms with Crippen LogP contribution in [-0.2, 0) is 14.3 Å². The number of nitrogens with zero attached hydrogens (tertiary/aromatic N) is 1. The monoisotopic (exact) mass is 574 g/mol. The van der Waals surface area contributed by atoms with Crippen molar-refractivity contribution in [3.05, 3.63) is 65.7 Å². The predicted molar refractivity (Wildman–Crippen MR) is 140 cm³/mol. The number of rotatable bonds is 5. The number of nitrogens with one attached hydrogen (secondary N) is 1. The zero-order valence-electron chi connectivity index (χ0n) is 22.5. The third-order valence-corrected chi connectivity index (χ3v) is 6.63. The van der Waals surface area contributed by atoms with E-state index in [1.807, 2.05) is 82.3 Å². The third kappa shape index (κ3) is 9.59. The van der Waals surface area contributed by atoms with E-state index in [1.54, 1.807) is 0 Å². The summed E-state index contributed by atoms with van der Waals surface area (Å²) in [7, 11) is 0. The first-order valence-corrected chi connectivity index (χ1v) is 12.6. The molecular weight excluding hydrogens is 536 g/mol. The van der Waals surface area contributed by atoms with E-state index in [2.05, 4.69) is 5.32 Å².